The molecule has 4 N–H and O–H groups in total. The minimum atomic E-state index is 0.140. The fourth-order valence-electron chi connectivity index (χ4n) is 2.17. The Balaban J connectivity index is 2.04. The van der Waals surface area contributed by atoms with E-state index in [1.807, 2.05) is 0 Å². The third-order valence-electron chi connectivity index (χ3n) is 3.60. The van der Waals surface area contributed by atoms with Crippen molar-refractivity contribution in [2.75, 3.05) is 6.54 Å². The Labute approximate surface area is 129 Å². The molecule has 21 heavy (non-hydrogen) atoms. The molecule has 0 bridgehead atoms. The molecule has 1 aliphatic rings. The normalized spacial score (nSPS) is 16.9. The molecule has 1 amide bonds. The fraction of sp³-hybridized carbons (Fsp3) is 0.875. The molecule has 1 fully saturated rings. The van der Waals surface area contributed by atoms with E-state index in [4.69, 9.17) is 5.73 Å². The van der Waals surface area contributed by atoms with Gasteiger partial charge in [0.15, 0.2) is 5.96 Å². The number of hydrogen-bond donors (Lipinski definition) is 3. The van der Waals surface area contributed by atoms with E-state index in [2.05, 4.69) is 36.4 Å². The van der Waals surface area contributed by atoms with Crippen LogP contribution in [0.4, 0.5) is 0 Å². The quantitative estimate of drug-likeness (QED) is 0.328. The van der Waals surface area contributed by atoms with Crippen LogP contribution in [0, 0.1) is 5.92 Å². The Hall–Kier alpha value is -1.26. The first-order valence-electron chi connectivity index (χ1n) is 8.33. The molecule has 5 nitrogen and oxygen atoms in total. The number of amides is 1. The van der Waals surface area contributed by atoms with Crippen molar-refractivity contribution in [1.29, 1.82) is 0 Å². The molecule has 1 aliphatic carbocycles. The number of nitrogens with one attached hydrogen (secondary N) is 2. The molecular formula is C16H32N4O. The molecule has 0 aromatic heterocycles. The van der Waals surface area contributed by atoms with Crippen LogP contribution in [-0.4, -0.2) is 30.5 Å². The summed E-state index contributed by atoms with van der Waals surface area (Å²) in [6.07, 6.45) is 7.13. The van der Waals surface area contributed by atoms with Gasteiger partial charge in [-0.15, -0.1) is 0 Å². The largest absolute Gasteiger partial charge is 0.370 e. The van der Waals surface area contributed by atoms with Gasteiger partial charge < -0.3 is 16.4 Å². The predicted molar refractivity (Wildman–Crippen MR) is 88.2 cm³/mol. The number of nitrogens with zero attached hydrogens (tertiary/aromatic N) is 1. The van der Waals surface area contributed by atoms with E-state index in [0.717, 1.165) is 31.6 Å². The van der Waals surface area contributed by atoms with E-state index in [0.29, 0.717) is 31.0 Å². The Bertz CT molecular complexity index is 337. The van der Waals surface area contributed by atoms with E-state index in [9.17, 15) is 4.79 Å². The van der Waals surface area contributed by atoms with Crippen molar-refractivity contribution >= 4 is 11.9 Å². The van der Waals surface area contributed by atoms with Crippen molar-refractivity contribution in [3.8, 4) is 0 Å². The summed E-state index contributed by atoms with van der Waals surface area (Å²) in [5.74, 6) is 1.39. The molecular weight excluding hydrogens is 264 g/mol. The molecule has 0 aromatic carbocycles. The zero-order valence-corrected chi connectivity index (χ0v) is 13.8. The fourth-order valence-corrected chi connectivity index (χ4v) is 2.17. The van der Waals surface area contributed by atoms with Crippen LogP contribution in [-0.2, 0) is 4.79 Å². The van der Waals surface area contributed by atoms with Gasteiger partial charge in [-0.05, 0) is 38.5 Å². The van der Waals surface area contributed by atoms with Crippen LogP contribution in [0.1, 0.15) is 65.7 Å². The van der Waals surface area contributed by atoms with Gasteiger partial charge in [0.05, 0.1) is 0 Å². The Morgan fingerprint density at radius 1 is 1.24 bits per heavy atom. The van der Waals surface area contributed by atoms with Gasteiger partial charge in [0.25, 0.3) is 0 Å². The Morgan fingerprint density at radius 3 is 2.57 bits per heavy atom. The Morgan fingerprint density at radius 2 is 1.95 bits per heavy atom. The molecule has 5 heteroatoms. The molecule has 1 saturated carbocycles. The van der Waals surface area contributed by atoms with Crippen LogP contribution in [0.2, 0.25) is 0 Å². The number of aliphatic imine (C=N–C) groups is 1. The number of hydrogen-bond acceptors (Lipinski definition) is 2. The second kappa shape index (κ2) is 9.64. The van der Waals surface area contributed by atoms with E-state index >= 15 is 0 Å². The predicted octanol–water partition coefficient (Wildman–Crippen LogP) is 2.16. The maximum Gasteiger partial charge on any atom is 0.220 e. The van der Waals surface area contributed by atoms with Gasteiger partial charge in [0, 0.05) is 25.0 Å². The SMILES string of the molecule is CC(C)CCCC(C)NC(N)=NCCCC(=O)NC1CC1. The first kappa shape index (κ1) is 17.8. The summed E-state index contributed by atoms with van der Waals surface area (Å²) in [7, 11) is 0. The number of carbonyl (C=O) groups excluding carboxylic acids is 1. The van der Waals surface area contributed by atoms with Crippen molar-refractivity contribution in [2.24, 2.45) is 16.6 Å². The minimum Gasteiger partial charge on any atom is -0.370 e. The summed E-state index contributed by atoms with van der Waals surface area (Å²) >= 11 is 0. The van der Waals surface area contributed by atoms with Gasteiger partial charge in [-0.2, -0.15) is 0 Å². The van der Waals surface area contributed by atoms with Crippen molar-refractivity contribution in [1.82, 2.24) is 10.6 Å². The standard InChI is InChI=1S/C16H32N4O/c1-12(2)6-4-7-13(3)19-16(17)18-11-5-8-15(21)20-14-9-10-14/h12-14H,4-11H2,1-3H3,(H,20,21)(H3,17,18,19). The molecule has 0 heterocycles. The van der Waals surface area contributed by atoms with Crippen LogP contribution >= 0.6 is 0 Å². The smallest absolute Gasteiger partial charge is 0.220 e. The lowest BCUT2D eigenvalue weighted by molar-refractivity contribution is -0.121. The molecule has 1 unspecified atom stereocenters. The topological polar surface area (TPSA) is 79.5 Å². The van der Waals surface area contributed by atoms with Gasteiger partial charge in [-0.3, -0.25) is 9.79 Å². The van der Waals surface area contributed by atoms with Crippen molar-refractivity contribution in [2.45, 2.75) is 77.8 Å². The summed E-state index contributed by atoms with van der Waals surface area (Å²) < 4.78 is 0. The summed E-state index contributed by atoms with van der Waals surface area (Å²) in [5, 5.41) is 6.18. The maximum absolute atomic E-state index is 11.5. The molecule has 0 aromatic rings. The average Bonchev–Trinajstić information content (AvgIpc) is 3.18. The average molecular weight is 296 g/mol. The lowest BCUT2D eigenvalue weighted by atomic mass is 10.0. The molecule has 0 radical (unpaired) electrons. The van der Waals surface area contributed by atoms with Crippen molar-refractivity contribution in [3.63, 3.8) is 0 Å². The lowest BCUT2D eigenvalue weighted by Crippen LogP contribution is -2.38. The molecule has 0 aliphatic heterocycles. The lowest BCUT2D eigenvalue weighted by Gasteiger charge is -2.15. The summed E-state index contributed by atoms with van der Waals surface area (Å²) in [6, 6.07) is 0.796. The Kier molecular flexibility index (Phi) is 8.16. The van der Waals surface area contributed by atoms with Crippen molar-refractivity contribution < 1.29 is 4.79 Å². The van der Waals surface area contributed by atoms with Crippen LogP contribution in [0.5, 0.6) is 0 Å². The third kappa shape index (κ3) is 10.2. The number of rotatable bonds is 10. The third-order valence-corrected chi connectivity index (χ3v) is 3.60. The minimum absolute atomic E-state index is 0.140. The molecule has 0 saturated heterocycles. The highest BCUT2D eigenvalue weighted by Crippen LogP contribution is 2.18. The molecule has 0 spiro atoms. The second-order valence-electron chi connectivity index (χ2n) is 6.58. The number of carbonyl (C=O) groups is 1. The number of nitrogens with two attached hydrogens (primary N) is 1. The highest BCUT2D eigenvalue weighted by Gasteiger charge is 2.22. The van der Waals surface area contributed by atoms with Gasteiger partial charge in [0.1, 0.15) is 0 Å². The van der Waals surface area contributed by atoms with Gasteiger partial charge >= 0.3 is 0 Å². The van der Waals surface area contributed by atoms with Crippen LogP contribution in [0.15, 0.2) is 4.99 Å². The van der Waals surface area contributed by atoms with Crippen LogP contribution < -0.4 is 16.4 Å². The van der Waals surface area contributed by atoms with Gasteiger partial charge in [0.2, 0.25) is 5.91 Å². The highest BCUT2D eigenvalue weighted by atomic mass is 16.1. The second-order valence-corrected chi connectivity index (χ2v) is 6.58. The zero-order chi connectivity index (χ0) is 15.7. The van der Waals surface area contributed by atoms with E-state index in [1.165, 1.54) is 12.8 Å². The maximum atomic E-state index is 11.5. The summed E-state index contributed by atoms with van der Waals surface area (Å²) in [5.41, 5.74) is 5.85. The summed E-state index contributed by atoms with van der Waals surface area (Å²) in [4.78, 5) is 15.8. The number of guanidine groups is 1. The van der Waals surface area contributed by atoms with Crippen LogP contribution in [0.3, 0.4) is 0 Å². The first-order chi connectivity index (χ1) is 9.97. The zero-order valence-electron chi connectivity index (χ0n) is 13.8. The van der Waals surface area contributed by atoms with Crippen LogP contribution in [0.25, 0.3) is 0 Å². The van der Waals surface area contributed by atoms with Crippen molar-refractivity contribution in [3.05, 3.63) is 0 Å². The van der Waals surface area contributed by atoms with E-state index in [1.54, 1.807) is 0 Å². The highest BCUT2D eigenvalue weighted by molar-refractivity contribution is 5.78. The molecule has 1 atom stereocenters. The molecule has 1 rings (SSSR count). The van der Waals surface area contributed by atoms with E-state index < -0.39 is 0 Å². The monoisotopic (exact) mass is 296 g/mol. The first-order valence-corrected chi connectivity index (χ1v) is 8.33. The van der Waals surface area contributed by atoms with E-state index in [-0.39, 0.29) is 5.91 Å². The summed E-state index contributed by atoms with van der Waals surface area (Å²) in [6.45, 7) is 7.22. The van der Waals surface area contributed by atoms with Gasteiger partial charge in [-0.1, -0.05) is 26.7 Å². The van der Waals surface area contributed by atoms with Gasteiger partial charge in [-0.25, -0.2) is 0 Å². The molecule has 122 valence electrons.